The fourth-order valence-corrected chi connectivity index (χ4v) is 3.01. The van der Waals surface area contributed by atoms with Crippen molar-refractivity contribution in [3.63, 3.8) is 0 Å². The van der Waals surface area contributed by atoms with E-state index < -0.39 is 0 Å². The third-order valence-electron chi connectivity index (χ3n) is 3.09. The van der Waals surface area contributed by atoms with E-state index in [2.05, 4.69) is 36.9 Å². The SMILES string of the molecule is CCSc1cccc(N(CC)c2ccccc2)c1C#N. The lowest BCUT2D eigenvalue weighted by molar-refractivity contribution is 1.02. The number of rotatable bonds is 5. The lowest BCUT2D eigenvalue weighted by Gasteiger charge is -2.25. The summed E-state index contributed by atoms with van der Waals surface area (Å²) in [6.07, 6.45) is 0. The number of thioether (sulfide) groups is 1. The van der Waals surface area contributed by atoms with E-state index in [0.29, 0.717) is 0 Å². The molecule has 0 amide bonds. The van der Waals surface area contributed by atoms with Gasteiger partial charge in [-0.2, -0.15) is 5.26 Å². The fraction of sp³-hybridized carbons (Fsp3) is 0.235. The van der Waals surface area contributed by atoms with E-state index in [1.807, 2.05) is 36.4 Å². The molecular weight excluding hydrogens is 264 g/mol. The smallest absolute Gasteiger partial charge is 0.103 e. The van der Waals surface area contributed by atoms with Crippen molar-refractivity contribution in [3.05, 3.63) is 54.1 Å². The molecule has 20 heavy (non-hydrogen) atoms. The van der Waals surface area contributed by atoms with Crippen molar-refractivity contribution in [2.75, 3.05) is 17.2 Å². The lowest BCUT2D eigenvalue weighted by Crippen LogP contribution is -2.17. The van der Waals surface area contributed by atoms with Gasteiger partial charge in [-0.05, 0) is 36.9 Å². The van der Waals surface area contributed by atoms with E-state index in [4.69, 9.17) is 0 Å². The first kappa shape index (κ1) is 14.5. The standard InChI is InChI=1S/C17H18N2S/c1-3-19(14-9-6-5-7-10-14)16-11-8-12-17(20-4-2)15(16)13-18/h5-12H,3-4H2,1-2H3. The second kappa shape index (κ2) is 7.02. The third kappa shape index (κ3) is 2.97. The molecule has 0 saturated heterocycles. The van der Waals surface area contributed by atoms with Gasteiger partial charge in [0.2, 0.25) is 0 Å². The van der Waals surface area contributed by atoms with E-state index in [1.165, 1.54) is 0 Å². The first-order valence-electron chi connectivity index (χ1n) is 6.80. The molecule has 102 valence electrons. The number of benzene rings is 2. The van der Waals surface area contributed by atoms with Crippen molar-refractivity contribution in [1.29, 1.82) is 5.26 Å². The van der Waals surface area contributed by atoms with Crippen LogP contribution in [-0.4, -0.2) is 12.3 Å². The van der Waals surface area contributed by atoms with Crippen LogP contribution in [0.1, 0.15) is 19.4 Å². The molecule has 3 heteroatoms. The summed E-state index contributed by atoms with van der Waals surface area (Å²) in [4.78, 5) is 3.24. The zero-order valence-electron chi connectivity index (χ0n) is 11.8. The highest BCUT2D eigenvalue weighted by atomic mass is 32.2. The van der Waals surface area contributed by atoms with Crippen LogP contribution in [-0.2, 0) is 0 Å². The molecule has 2 nitrogen and oxygen atoms in total. The predicted octanol–water partition coefficient (Wildman–Crippen LogP) is 4.83. The largest absolute Gasteiger partial charge is 0.341 e. The molecule has 0 radical (unpaired) electrons. The van der Waals surface area contributed by atoms with Crippen molar-refractivity contribution in [2.24, 2.45) is 0 Å². The Labute approximate surface area is 125 Å². The quantitative estimate of drug-likeness (QED) is 0.735. The number of hydrogen-bond donors (Lipinski definition) is 0. The Kier molecular flexibility index (Phi) is 5.09. The number of hydrogen-bond acceptors (Lipinski definition) is 3. The average molecular weight is 282 g/mol. The molecule has 0 bridgehead atoms. The lowest BCUT2D eigenvalue weighted by atomic mass is 10.1. The van der Waals surface area contributed by atoms with Crippen molar-refractivity contribution in [2.45, 2.75) is 18.7 Å². The summed E-state index contributed by atoms with van der Waals surface area (Å²) < 4.78 is 0. The van der Waals surface area contributed by atoms with Gasteiger partial charge in [0.25, 0.3) is 0 Å². The van der Waals surface area contributed by atoms with Crippen LogP contribution in [0.3, 0.4) is 0 Å². The molecule has 0 saturated carbocycles. The summed E-state index contributed by atoms with van der Waals surface area (Å²) in [7, 11) is 0. The van der Waals surface area contributed by atoms with Crippen LogP contribution in [0.2, 0.25) is 0 Å². The van der Waals surface area contributed by atoms with Gasteiger partial charge in [-0.25, -0.2) is 0 Å². The summed E-state index contributed by atoms with van der Waals surface area (Å²) in [5.41, 5.74) is 2.87. The van der Waals surface area contributed by atoms with Crippen molar-refractivity contribution in [3.8, 4) is 6.07 Å². The topological polar surface area (TPSA) is 27.0 Å². The maximum absolute atomic E-state index is 9.53. The number of para-hydroxylation sites is 1. The zero-order chi connectivity index (χ0) is 14.4. The highest BCUT2D eigenvalue weighted by Gasteiger charge is 2.14. The summed E-state index contributed by atoms with van der Waals surface area (Å²) >= 11 is 1.71. The molecule has 0 N–H and O–H groups in total. The molecule has 0 aromatic heterocycles. The zero-order valence-corrected chi connectivity index (χ0v) is 12.7. The molecular formula is C17H18N2S. The minimum atomic E-state index is 0.769. The number of nitrogens with zero attached hydrogens (tertiary/aromatic N) is 2. The van der Waals surface area contributed by atoms with Gasteiger partial charge in [0.05, 0.1) is 11.3 Å². The Bertz CT molecular complexity index is 602. The predicted molar refractivity (Wildman–Crippen MR) is 86.7 cm³/mol. The molecule has 0 aliphatic carbocycles. The van der Waals surface area contributed by atoms with Gasteiger partial charge in [-0.1, -0.05) is 31.2 Å². The Hall–Kier alpha value is -1.92. The van der Waals surface area contributed by atoms with Crippen molar-refractivity contribution in [1.82, 2.24) is 0 Å². The van der Waals surface area contributed by atoms with Crippen molar-refractivity contribution >= 4 is 23.1 Å². The van der Waals surface area contributed by atoms with Gasteiger partial charge in [-0.15, -0.1) is 11.8 Å². The summed E-state index contributed by atoms with van der Waals surface area (Å²) in [6, 6.07) is 18.6. The van der Waals surface area contributed by atoms with Gasteiger partial charge in [0.1, 0.15) is 6.07 Å². The molecule has 0 aliphatic rings. The highest BCUT2D eigenvalue weighted by molar-refractivity contribution is 7.99. The minimum Gasteiger partial charge on any atom is -0.341 e. The average Bonchev–Trinajstić information content (AvgIpc) is 2.50. The van der Waals surface area contributed by atoms with E-state index in [0.717, 1.165) is 34.1 Å². The van der Waals surface area contributed by atoms with Gasteiger partial charge >= 0.3 is 0 Å². The third-order valence-corrected chi connectivity index (χ3v) is 4.03. The monoisotopic (exact) mass is 282 g/mol. The Balaban J connectivity index is 2.50. The van der Waals surface area contributed by atoms with Crippen LogP contribution in [0.15, 0.2) is 53.4 Å². The van der Waals surface area contributed by atoms with Gasteiger partial charge in [-0.3, -0.25) is 0 Å². The van der Waals surface area contributed by atoms with Gasteiger partial charge < -0.3 is 4.90 Å². The number of nitriles is 1. The minimum absolute atomic E-state index is 0.769. The summed E-state index contributed by atoms with van der Waals surface area (Å²) in [5, 5.41) is 9.53. The Morgan fingerprint density at radius 1 is 1.05 bits per heavy atom. The molecule has 0 aliphatic heterocycles. The normalized spacial score (nSPS) is 10.1. The van der Waals surface area contributed by atoms with Crippen LogP contribution in [0.4, 0.5) is 11.4 Å². The summed E-state index contributed by atoms with van der Waals surface area (Å²) in [6.45, 7) is 5.04. The van der Waals surface area contributed by atoms with E-state index in [9.17, 15) is 5.26 Å². The maximum Gasteiger partial charge on any atom is 0.103 e. The van der Waals surface area contributed by atoms with E-state index in [1.54, 1.807) is 11.8 Å². The molecule has 0 atom stereocenters. The van der Waals surface area contributed by atoms with Crippen LogP contribution in [0.25, 0.3) is 0 Å². The van der Waals surface area contributed by atoms with E-state index in [-0.39, 0.29) is 0 Å². The van der Waals surface area contributed by atoms with Crippen LogP contribution < -0.4 is 4.90 Å². The Morgan fingerprint density at radius 3 is 2.40 bits per heavy atom. The Morgan fingerprint density at radius 2 is 1.80 bits per heavy atom. The molecule has 0 heterocycles. The first-order chi connectivity index (χ1) is 9.81. The molecule has 2 aromatic carbocycles. The molecule has 0 unspecified atom stereocenters. The molecule has 0 spiro atoms. The fourth-order valence-electron chi connectivity index (χ4n) is 2.23. The van der Waals surface area contributed by atoms with Crippen molar-refractivity contribution < 1.29 is 0 Å². The first-order valence-corrected chi connectivity index (χ1v) is 7.78. The van der Waals surface area contributed by atoms with Crippen LogP contribution >= 0.6 is 11.8 Å². The van der Waals surface area contributed by atoms with Crippen LogP contribution in [0.5, 0.6) is 0 Å². The second-order valence-electron chi connectivity index (χ2n) is 4.27. The number of anilines is 2. The molecule has 0 fully saturated rings. The van der Waals surface area contributed by atoms with Crippen LogP contribution in [0, 0.1) is 11.3 Å². The van der Waals surface area contributed by atoms with Gasteiger partial charge in [0.15, 0.2) is 0 Å². The van der Waals surface area contributed by atoms with E-state index >= 15 is 0 Å². The molecule has 2 aromatic rings. The maximum atomic E-state index is 9.53. The second-order valence-corrected chi connectivity index (χ2v) is 5.58. The van der Waals surface area contributed by atoms with Gasteiger partial charge in [0, 0.05) is 17.1 Å². The molecule has 2 rings (SSSR count). The highest BCUT2D eigenvalue weighted by Crippen LogP contribution is 2.33. The summed E-state index contributed by atoms with van der Waals surface area (Å²) in [5.74, 6) is 0.968.